The van der Waals surface area contributed by atoms with Crippen LogP contribution in [0.2, 0.25) is 20.1 Å². The summed E-state index contributed by atoms with van der Waals surface area (Å²) in [5, 5.41) is 4.04. The molecule has 3 aromatic rings. The van der Waals surface area contributed by atoms with Crippen molar-refractivity contribution in [2.75, 3.05) is 10.8 Å². The Bertz CT molecular complexity index is 1580. The van der Waals surface area contributed by atoms with Gasteiger partial charge in [0.25, 0.3) is 10.0 Å². The van der Waals surface area contributed by atoms with Crippen molar-refractivity contribution in [3.05, 3.63) is 91.9 Å². The molecule has 1 aliphatic rings. The smallest absolute Gasteiger partial charge is 0.264 e. The van der Waals surface area contributed by atoms with Crippen LogP contribution in [-0.4, -0.2) is 43.8 Å². The second-order valence-electron chi connectivity index (χ2n) is 10.7. The maximum Gasteiger partial charge on any atom is 0.264 e. The van der Waals surface area contributed by atoms with Gasteiger partial charge in [0.15, 0.2) is 0 Å². The molecule has 1 aliphatic carbocycles. The van der Waals surface area contributed by atoms with Gasteiger partial charge in [-0.3, -0.25) is 13.9 Å². The van der Waals surface area contributed by atoms with Gasteiger partial charge in [-0.15, -0.1) is 0 Å². The van der Waals surface area contributed by atoms with Gasteiger partial charge in [-0.2, -0.15) is 0 Å². The minimum atomic E-state index is -4.29. The Morgan fingerprint density at radius 3 is 2.19 bits per heavy atom. The second kappa shape index (κ2) is 14.5. The van der Waals surface area contributed by atoms with E-state index in [4.69, 9.17) is 46.4 Å². The number of hydrogen-bond donors (Lipinski definition) is 1. The van der Waals surface area contributed by atoms with Crippen LogP contribution in [0.1, 0.15) is 50.2 Å². The first kappa shape index (κ1) is 33.4. The van der Waals surface area contributed by atoms with Gasteiger partial charge in [0.2, 0.25) is 11.8 Å². The zero-order valence-corrected chi connectivity index (χ0v) is 27.7. The molecule has 0 aromatic heterocycles. The summed E-state index contributed by atoms with van der Waals surface area (Å²) in [6.45, 7) is 2.81. The lowest BCUT2D eigenvalue weighted by molar-refractivity contribution is -0.139. The van der Waals surface area contributed by atoms with Crippen molar-refractivity contribution in [2.45, 2.75) is 69.5 Å². The Kier molecular flexibility index (Phi) is 11.3. The van der Waals surface area contributed by atoms with Crippen LogP contribution >= 0.6 is 46.4 Å². The lowest BCUT2D eigenvalue weighted by Gasteiger charge is -2.33. The van der Waals surface area contributed by atoms with Crippen LogP contribution < -0.4 is 9.62 Å². The zero-order chi connectivity index (χ0) is 31.3. The van der Waals surface area contributed by atoms with E-state index in [0.717, 1.165) is 42.0 Å². The molecule has 0 unspecified atom stereocenters. The van der Waals surface area contributed by atoms with Crippen LogP contribution in [0.3, 0.4) is 0 Å². The van der Waals surface area contributed by atoms with E-state index in [-0.39, 0.29) is 39.1 Å². The van der Waals surface area contributed by atoms with Gasteiger partial charge in [0, 0.05) is 17.6 Å². The van der Waals surface area contributed by atoms with Crippen molar-refractivity contribution in [3.63, 3.8) is 0 Å². The molecule has 1 N–H and O–H groups in total. The van der Waals surface area contributed by atoms with Crippen molar-refractivity contribution >= 4 is 73.9 Å². The van der Waals surface area contributed by atoms with Gasteiger partial charge < -0.3 is 10.2 Å². The van der Waals surface area contributed by atoms with E-state index in [0.29, 0.717) is 15.6 Å². The van der Waals surface area contributed by atoms with Gasteiger partial charge in [0.1, 0.15) is 12.6 Å². The quantitative estimate of drug-likeness (QED) is 0.238. The average molecular weight is 686 g/mol. The summed E-state index contributed by atoms with van der Waals surface area (Å²) in [5.74, 6) is -0.946. The normalized spacial score (nSPS) is 14.7. The molecular formula is C31H33Cl4N3O4S. The molecule has 230 valence electrons. The molecule has 12 heteroatoms. The van der Waals surface area contributed by atoms with Gasteiger partial charge in [-0.25, -0.2) is 8.42 Å². The molecule has 7 nitrogen and oxygen atoms in total. The van der Waals surface area contributed by atoms with Crippen molar-refractivity contribution in [1.29, 1.82) is 0 Å². The van der Waals surface area contributed by atoms with Crippen LogP contribution in [0.15, 0.2) is 65.6 Å². The molecule has 3 aromatic carbocycles. The number of benzene rings is 3. The number of carbonyl (C=O) groups is 2. The number of sulfonamides is 1. The van der Waals surface area contributed by atoms with E-state index >= 15 is 0 Å². The van der Waals surface area contributed by atoms with Crippen LogP contribution in [0.4, 0.5) is 5.69 Å². The highest BCUT2D eigenvalue weighted by Gasteiger charge is 2.34. The number of anilines is 1. The fraction of sp³-hybridized carbons (Fsp3) is 0.355. The summed E-state index contributed by atoms with van der Waals surface area (Å²) < 4.78 is 29.0. The first-order valence-corrected chi connectivity index (χ1v) is 16.9. The second-order valence-corrected chi connectivity index (χ2v) is 14.2. The molecule has 0 radical (unpaired) electrons. The highest BCUT2D eigenvalue weighted by Crippen LogP contribution is 2.33. The zero-order valence-electron chi connectivity index (χ0n) is 23.8. The Labute approximate surface area is 273 Å². The van der Waals surface area contributed by atoms with E-state index in [1.54, 1.807) is 37.3 Å². The Balaban J connectivity index is 1.72. The first-order chi connectivity index (χ1) is 20.4. The monoisotopic (exact) mass is 683 g/mol. The number of aryl methyl sites for hydroxylation is 1. The van der Waals surface area contributed by atoms with Crippen LogP contribution in [0, 0.1) is 6.92 Å². The van der Waals surface area contributed by atoms with E-state index in [9.17, 15) is 18.0 Å². The van der Waals surface area contributed by atoms with Gasteiger partial charge in [-0.1, -0.05) is 89.4 Å². The number of hydrogen-bond acceptors (Lipinski definition) is 4. The predicted octanol–water partition coefficient (Wildman–Crippen LogP) is 7.67. The van der Waals surface area contributed by atoms with Crippen molar-refractivity contribution in [3.8, 4) is 0 Å². The fourth-order valence-corrected chi connectivity index (χ4v) is 7.20. The molecule has 43 heavy (non-hydrogen) atoms. The minimum absolute atomic E-state index is 0.0172. The lowest BCUT2D eigenvalue weighted by Crippen LogP contribution is -2.53. The molecule has 0 aliphatic heterocycles. The number of halogens is 4. The topological polar surface area (TPSA) is 86.8 Å². The summed E-state index contributed by atoms with van der Waals surface area (Å²) in [4.78, 5) is 28.9. The Morgan fingerprint density at radius 1 is 0.884 bits per heavy atom. The molecule has 0 bridgehead atoms. The minimum Gasteiger partial charge on any atom is -0.352 e. The molecule has 0 spiro atoms. The number of nitrogens with one attached hydrogen (secondary N) is 1. The Morgan fingerprint density at radius 2 is 1.53 bits per heavy atom. The average Bonchev–Trinajstić information content (AvgIpc) is 2.98. The van der Waals surface area contributed by atoms with Crippen molar-refractivity contribution < 1.29 is 18.0 Å². The third-order valence-corrected chi connectivity index (χ3v) is 10.6. The standard InChI is InChI=1S/C31H33Cl4N3O4S/c1-20-8-12-25(13-9-20)43(41,42)38(29-17-23(32)11-15-27(29)34)19-30(39)37(18-22-10-14-26(33)28(35)16-22)21(2)31(40)36-24-6-4-3-5-7-24/h8-17,21,24H,3-7,18-19H2,1-2H3,(H,36,40)/t21-/m1/s1. The summed E-state index contributed by atoms with van der Waals surface area (Å²) in [6, 6.07) is 14.7. The molecule has 0 heterocycles. The van der Waals surface area contributed by atoms with Gasteiger partial charge >= 0.3 is 0 Å². The van der Waals surface area contributed by atoms with Crippen LogP contribution in [-0.2, 0) is 26.2 Å². The number of nitrogens with zero attached hydrogens (tertiary/aromatic N) is 2. The summed E-state index contributed by atoms with van der Waals surface area (Å²) >= 11 is 25.1. The SMILES string of the molecule is Cc1ccc(S(=O)(=O)N(CC(=O)N(Cc2ccc(Cl)c(Cl)c2)[C@H](C)C(=O)NC2CCCCC2)c2cc(Cl)ccc2Cl)cc1. The van der Waals surface area contributed by atoms with E-state index in [2.05, 4.69) is 5.32 Å². The highest BCUT2D eigenvalue weighted by atomic mass is 35.5. The van der Waals surface area contributed by atoms with Crippen LogP contribution in [0.25, 0.3) is 0 Å². The molecule has 4 rings (SSSR count). The Hall–Kier alpha value is -2.49. The largest absolute Gasteiger partial charge is 0.352 e. The van der Waals surface area contributed by atoms with E-state index in [1.165, 1.54) is 35.2 Å². The lowest BCUT2D eigenvalue weighted by atomic mass is 9.95. The molecule has 2 amide bonds. The maximum absolute atomic E-state index is 14.2. The van der Waals surface area contributed by atoms with Crippen molar-refractivity contribution in [2.24, 2.45) is 0 Å². The molecule has 0 saturated heterocycles. The predicted molar refractivity (Wildman–Crippen MR) is 174 cm³/mol. The molecule has 1 atom stereocenters. The van der Waals surface area contributed by atoms with Crippen LogP contribution in [0.5, 0.6) is 0 Å². The number of rotatable bonds is 10. The van der Waals surface area contributed by atoms with Gasteiger partial charge in [0.05, 0.1) is 25.7 Å². The van der Waals surface area contributed by atoms with Crippen molar-refractivity contribution in [1.82, 2.24) is 10.2 Å². The molecular weight excluding hydrogens is 652 g/mol. The fourth-order valence-electron chi connectivity index (χ4n) is 5.01. The number of amides is 2. The van der Waals surface area contributed by atoms with E-state index < -0.39 is 28.5 Å². The first-order valence-electron chi connectivity index (χ1n) is 13.9. The third-order valence-electron chi connectivity index (χ3n) is 7.52. The third kappa shape index (κ3) is 8.37. The summed E-state index contributed by atoms with van der Waals surface area (Å²) in [5.41, 5.74) is 1.53. The van der Waals surface area contributed by atoms with E-state index in [1.807, 2.05) is 6.92 Å². The maximum atomic E-state index is 14.2. The summed E-state index contributed by atoms with van der Waals surface area (Å²) in [6.07, 6.45) is 4.92. The summed E-state index contributed by atoms with van der Waals surface area (Å²) in [7, 11) is -4.29. The molecule has 1 saturated carbocycles. The number of carbonyl (C=O) groups excluding carboxylic acids is 2. The highest BCUT2D eigenvalue weighted by molar-refractivity contribution is 7.92. The van der Waals surface area contributed by atoms with Gasteiger partial charge in [-0.05, 0) is 74.7 Å². The molecule has 1 fully saturated rings.